The Morgan fingerprint density at radius 2 is 1.93 bits per heavy atom. The maximum atomic E-state index is 12.4. The largest absolute Gasteiger partial charge is 0.342 e. The number of fused-ring (bicyclic) bond motifs is 1. The number of rotatable bonds is 6. The molecule has 0 atom stereocenters. The zero-order chi connectivity index (χ0) is 20.9. The Bertz CT molecular complexity index is 1250. The molecule has 148 valence electrons. The van der Waals surface area contributed by atoms with E-state index in [1.807, 2.05) is 30.3 Å². The molecule has 2 N–H and O–H groups in total. The van der Waals surface area contributed by atoms with Crippen LogP contribution in [-0.2, 0) is 6.42 Å². The highest BCUT2D eigenvalue weighted by molar-refractivity contribution is 5.97. The number of aromatic amines is 1. The molecule has 0 spiro atoms. The number of hydrogen-bond donors (Lipinski definition) is 2. The van der Waals surface area contributed by atoms with Gasteiger partial charge in [0.25, 0.3) is 11.6 Å². The van der Waals surface area contributed by atoms with Crippen molar-refractivity contribution in [3.8, 4) is 0 Å². The first kappa shape index (κ1) is 19.0. The van der Waals surface area contributed by atoms with Crippen molar-refractivity contribution in [2.75, 3.05) is 0 Å². The van der Waals surface area contributed by atoms with E-state index in [0.29, 0.717) is 17.5 Å². The average molecular weight is 399 g/mol. The van der Waals surface area contributed by atoms with Gasteiger partial charge in [0.1, 0.15) is 5.82 Å². The minimum absolute atomic E-state index is 0.0405. The van der Waals surface area contributed by atoms with E-state index in [4.69, 9.17) is 0 Å². The number of nitrogens with one attached hydrogen (secondary N) is 2. The smallest absolute Gasteiger partial charge is 0.271 e. The van der Waals surface area contributed by atoms with Crippen LogP contribution in [0.25, 0.3) is 11.0 Å². The van der Waals surface area contributed by atoms with Crippen LogP contribution in [-0.4, -0.2) is 27.0 Å². The van der Waals surface area contributed by atoms with Gasteiger partial charge in [-0.3, -0.25) is 14.9 Å². The standard InChI is InChI=1S/C22H17N5O3/c28-22(26-23-14-16-7-4-8-18(11-16)27(29)30)17-9-10-19-20(13-17)25-21(24-19)12-15-5-2-1-3-6-15/h1-11,13-14H,12H2,(H,24,25)(H,26,28)/b23-14-. The normalized spacial score (nSPS) is 11.1. The first-order valence-electron chi connectivity index (χ1n) is 9.19. The molecule has 30 heavy (non-hydrogen) atoms. The third-order valence-electron chi connectivity index (χ3n) is 4.47. The Labute approximate surface area is 171 Å². The SMILES string of the molecule is O=C(N/N=C\c1cccc([N+](=O)[O-])c1)c1ccc2nc(Cc3ccccc3)[nH]c2c1. The van der Waals surface area contributed by atoms with Crippen LogP contribution in [0.4, 0.5) is 5.69 Å². The van der Waals surface area contributed by atoms with Crippen LogP contribution in [0.15, 0.2) is 77.9 Å². The molecule has 4 rings (SSSR count). The number of hydrazone groups is 1. The van der Waals surface area contributed by atoms with Crippen molar-refractivity contribution in [3.05, 3.63) is 105 Å². The van der Waals surface area contributed by atoms with E-state index in [2.05, 4.69) is 20.5 Å². The van der Waals surface area contributed by atoms with Crippen molar-refractivity contribution in [2.24, 2.45) is 5.10 Å². The second-order valence-corrected chi connectivity index (χ2v) is 6.63. The number of nitro groups is 1. The number of nitrogens with zero attached hydrogens (tertiary/aromatic N) is 3. The van der Waals surface area contributed by atoms with Crippen molar-refractivity contribution >= 4 is 28.8 Å². The fourth-order valence-corrected chi connectivity index (χ4v) is 3.03. The van der Waals surface area contributed by atoms with Crippen LogP contribution in [0.3, 0.4) is 0 Å². The van der Waals surface area contributed by atoms with E-state index in [9.17, 15) is 14.9 Å². The molecule has 0 unspecified atom stereocenters. The van der Waals surface area contributed by atoms with E-state index in [1.165, 1.54) is 18.3 Å². The van der Waals surface area contributed by atoms with E-state index in [0.717, 1.165) is 22.4 Å². The summed E-state index contributed by atoms with van der Waals surface area (Å²) in [4.78, 5) is 30.5. The zero-order valence-corrected chi connectivity index (χ0v) is 15.8. The van der Waals surface area contributed by atoms with Crippen molar-refractivity contribution in [1.82, 2.24) is 15.4 Å². The monoisotopic (exact) mass is 399 g/mol. The quantitative estimate of drug-likeness (QED) is 0.291. The molecule has 0 bridgehead atoms. The maximum absolute atomic E-state index is 12.4. The predicted molar refractivity (Wildman–Crippen MR) is 113 cm³/mol. The van der Waals surface area contributed by atoms with E-state index in [1.54, 1.807) is 30.3 Å². The van der Waals surface area contributed by atoms with Crippen molar-refractivity contribution in [1.29, 1.82) is 0 Å². The molecule has 3 aromatic carbocycles. The number of nitro benzene ring substituents is 1. The van der Waals surface area contributed by atoms with Gasteiger partial charge in [-0.25, -0.2) is 10.4 Å². The Morgan fingerprint density at radius 3 is 2.73 bits per heavy atom. The summed E-state index contributed by atoms with van der Waals surface area (Å²) in [5.74, 6) is 0.426. The van der Waals surface area contributed by atoms with Gasteiger partial charge in [0, 0.05) is 29.7 Å². The van der Waals surface area contributed by atoms with Crippen LogP contribution in [0.5, 0.6) is 0 Å². The number of benzene rings is 3. The average Bonchev–Trinajstić information content (AvgIpc) is 3.16. The number of carbonyl (C=O) groups excluding carboxylic acids is 1. The molecule has 0 radical (unpaired) electrons. The number of carbonyl (C=O) groups is 1. The lowest BCUT2D eigenvalue weighted by Gasteiger charge is -2.00. The number of non-ortho nitro benzene ring substituents is 1. The molecular weight excluding hydrogens is 382 g/mol. The number of imidazole rings is 1. The minimum atomic E-state index is -0.485. The molecular formula is C22H17N5O3. The third kappa shape index (κ3) is 4.39. The summed E-state index contributed by atoms with van der Waals surface area (Å²) in [6.45, 7) is 0. The first-order chi connectivity index (χ1) is 14.6. The lowest BCUT2D eigenvalue weighted by molar-refractivity contribution is -0.384. The van der Waals surface area contributed by atoms with Crippen molar-refractivity contribution in [2.45, 2.75) is 6.42 Å². The third-order valence-corrected chi connectivity index (χ3v) is 4.47. The number of H-pyrrole nitrogens is 1. The summed E-state index contributed by atoms with van der Waals surface area (Å²) in [6.07, 6.45) is 2.03. The minimum Gasteiger partial charge on any atom is -0.342 e. The molecule has 0 aliphatic heterocycles. The number of aromatic nitrogens is 2. The van der Waals surface area contributed by atoms with Crippen molar-refractivity contribution in [3.63, 3.8) is 0 Å². The van der Waals surface area contributed by atoms with Crippen LogP contribution in [0.2, 0.25) is 0 Å². The van der Waals surface area contributed by atoms with Crippen LogP contribution >= 0.6 is 0 Å². The van der Waals surface area contributed by atoms with E-state index < -0.39 is 10.8 Å². The van der Waals surface area contributed by atoms with Gasteiger partial charge in [0.05, 0.1) is 22.2 Å². The summed E-state index contributed by atoms with van der Waals surface area (Å²) in [6, 6.07) is 21.1. The molecule has 1 heterocycles. The van der Waals surface area contributed by atoms with Gasteiger partial charge >= 0.3 is 0 Å². The second-order valence-electron chi connectivity index (χ2n) is 6.63. The van der Waals surface area contributed by atoms with Gasteiger partial charge < -0.3 is 4.98 Å². The lowest BCUT2D eigenvalue weighted by Crippen LogP contribution is -2.17. The van der Waals surface area contributed by atoms with Gasteiger partial charge in [0.15, 0.2) is 0 Å². The van der Waals surface area contributed by atoms with Crippen LogP contribution in [0, 0.1) is 10.1 Å². The van der Waals surface area contributed by atoms with Crippen LogP contribution < -0.4 is 5.43 Å². The summed E-state index contributed by atoms with van der Waals surface area (Å²) < 4.78 is 0. The molecule has 8 nitrogen and oxygen atoms in total. The van der Waals surface area contributed by atoms with Gasteiger partial charge in [-0.05, 0) is 23.8 Å². The molecule has 4 aromatic rings. The summed E-state index contributed by atoms with van der Waals surface area (Å²) >= 11 is 0. The number of hydrogen-bond acceptors (Lipinski definition) is 5. The Balaban J connectivity index is 1.45. The van der Waals surface area contributed by atoms with Gasteiger partial charge in [0.2, 0.25) is 0 Å². The topological polar surface area (TPSA) is 113 Å². The second kappa shape index (κ2) is 8.36. The summed E-state index contributed by atoms with van der Waals surface area (Å²) in [5, 5.41) is 14.7. The molecule has 0 saturated carbocycles. The lowest BCUT2D eigenvalue weighted by atomic mass is 10.1. The Morgan fingerprint density at radius 1 is 1.10 bits per heavy atom. The van der Waals surface area contributed by atoms with Gasteiger partial charge in [-0.2, -0.15) is 5.10 Å². The molecule has 1 aromatic heterocycles. The summed E-state index contributed by atoms with van der Waals surface area (Å²) in [7, 11) is 0. The predicted octanol–water partition coefficient (Wildman–Crippen LogP) is 3.83. The maximum Gasteiger partial charge on any atom is 0.271 e. The van der Waals surface area contributed by atoms with E-state index >= 15 is 0 Å². The van der Waals surface area contributed by atoms with Crippen LogP contribution in [0.1, 0.15) is 27.3 Å². The molecule has 0 fully saturated rings. The zero-order valence-electron chi connectivity index (χ0n) is 15.8. The molecule has 1 amide bonds. The highest BCUT2D eigenvalue weighted by Crippen LogP contribution is 2.16. The Hall–Kier alpha value is -4.33. The summed E-state index contributed by atoms with van der Waals surface area (Å²) in [5.41, 5.74) is 6.01. The van der Waals surface area contributed by atoms with Gasteiger partial charge in [-0.1, -0.05) is 42.5 Å². The van der Waals surface area contributed by atoms with E-state index in [-0.39, 0.29) is 5.69 Å². The van der Waals surface area contributed by atoms with Gasteiger partial charge in [-0.15, -0.1) is 0 Å². The highest BCUT2D eigenvalue weighted by Gasteiger charge is 2.09. The van der Waals surface area contributed by atoms with Crippen molar-refractivity contribution < 1.29 is 9.72 Å². The fraction of sp³-hybridized carbons (Fsp3) is 0.0455. The highest BCUT2D eigenvalue weighted by atomic mass is 16.6. The molecule has 8 heteroatoms. The molecule has 0 saturated heterocycles. The Kier molecular flexibility index (Phi) is 5.29. The molecule has 0 aliphatic carbocycles. The molecule has 0 aliphatic rings. The first-order valence-corrected chi connectivity index (χ1v) is 9.19. The fourth-order valence-electron chi connectivity index (χ4n) is 3.03. The number of amides is 1.